The van der Waals surface area contributed by atoms with Gasteiger partial charge in [0.2, 0.25) is 0 Å². The first kappa shape index (κ1) is 29.1. The van der Waals surface area contributed by atoms with E-state index < -0.39 is 0 Å². The minimum atomic E-state index is 0.201. The van der Waals surface area contributed by atoms with Crippen molar-refractivity contribution in [1.29, 1.82) is 0 Å². The number of nitrogens with one attached hydrogen (secondary N) is 1. The Balaban J connectivity index is 1.09. The van der Waals surface area contributed by atoms with Crippen LogP contribution in [0.1, 0.15) is 16.7 Å². The van der Waals surface area contributed by atoms with Crippen LogP contribution in [0.15, 0.2) is 186 Å². The van der Waals surface area contributed by atoms with Gasteiger partial charge in [-0.25, -0.2) is 4.98 Å². The number of rotatable bonds is 4. The summed E-state index contributed by atoms with van der Waals surface area (Å²) in [5.74, 6) is 0.408. The number of benzene rings is 3. The van der Waals surface area contributed by atoms with Gasteiger partial charge in [-0.2, -0.15) is 0 Å². The zero-order valence-corrected chi connectivity index (χ0v) is 28.3. The molecule has 0 spiro atoms. The van der Waals surface area contributed by atoms with Crippen molar-refractivity contribution in [3.63, 3.8) is 0 Å². The molecule has 11 rings (SSSR count). The Bertz CT molecular complexity index is 2840. The Labute approximate surface area is 301 Å². The molecule has 5 aliphatic rings. The summed E-state index contributed by atoms with van der Waals surface area (Å²) in [6, 6.07) is 30.1. The van der Waals surface area contributed by atoms with Crippen LogP contribution in [0.25, 0.3) is 60.8 Å². The van der Waals surface area contributed by atoms with Crippen LogP contribution in [-0.2, 0) is 0 Å². The summed E-state index contributed by atoms with van der Waals surface area (Å²) in [5.41, 5.74) is 17.6. The average Bonchev–Trinajstić information content (AvgIpc) is 3.22. The van der Waals surface area contributed by atoms with Gasteiger partial charge in [-0.15, -0.1) is 0 Å². The lowest BCUT2D eigenvalue weighted by Crippen LogP contribution is -2.30. The fourth-order valence-electron chi connectivity index (χ4n) is 8.83. The van der Waals surface area contributed by atoms with Crippen LogP contribution in [0.2, 0.25) is 0 Å². The van der Waals surface area contributed by atoms with Crippen molar-refractivity contribution in [2.45, 2.75) is 0 Å². The molecule has 0 radical (unpaired) electrons. The highest BCUT2D eigenvalue weighted by atomic mass is 14.9. The topological polar surface area (TPSA) is 50.7 Å². The molecule has 2 atom stereocenters. The van der Waals surface area contributed by atoms with Crippen molar-refractivity contribution < 1.29 is 0 Å². The lowest BCUT2D eigenvalue weighted by atomic mass is 9.61. The van der Waals surface area contributed by atoms with Crippen molar-refractivity contribution in [3.8, 4) is 11.3 Å². The predicted octanol–water partition coefficient (Wildman–Crippen LogP) is 10.5. The number of hydrogen-bond acceptors (Lipinski definition) is 4. The van der Waals surface area contributed by atoms with Crippen LogP contribution in [0.4, 0.5) is 0 Å². The van der Waals surface area contributed by atoms with Crippen molar-refractivity contribution in [2.24, 2.45) is 11.8 Å². The van der Waals surface area contributed by atoms with Crippen molar-refractivity contribution in [3.05, 3.63) is 203 Å². The normalized spacial score (nSPS) is 19.9. The second kappa shape index (κ2) is 11.4. The zero-order chi connectivity index (χ0) is 34.2. The monoisotopic (exact) mass is 664 g/mol. The molecule has 4 aliphatic carbocycles. The minimum absolute atomic E-state index is 0.201. The lowest BCUT2D eigenvalue weighted by molar-refractivity contribution is 0.569. The van der Waals surface area contributed by atoms with Gasteiger partial charge < -0.3 is 5.32 Å². The fraction of sp³-hybridized carbons (Fsp3) is 0.0625. The SMILES string of the molecule is C1=CCNC(c2cc(C3=CC=C4C=CC5=C(c6c7ccccc7nc7c6ccc6cccnc67)C=CC6=CC=C3C4C65)cc(-c3ccccn3)c2)=C1. The third kappa shape index (κ3) is 4.44. The minimum Gasteiger partial charge on any atom is -0.381 e. The Morgan fingerprint density at radius 1 is 0.615 bits per heavy atom. The molecule has 6 aromatic rings. The van der Waals surface area contributed by atoms with Gasteiger partial charge in [-0.05, 0) is 93.1 Å². The molecule has 2 unspecified atom stereocenters. The Kier molecular flexibility index (Phi) is 6.41. The molecule has 1 N–H and O–H groups in total. The molecule has 1 aliphatic heterocycles. The van der Waals surface area contributed by atoms with E-state index in [1.807, 2.05) is 24.5 Å². The predicted molar refractivity (Wildman–Crippen MR) is 214 cm³/mol. The lowest BCUT2D eigenvalue weighted by Gasteiger charge is -2.42. The van der Waals surface area contributed by atoms with Gasteiger partial charge in [-0.3, -0.25) is 9.97 Å². The maximum absolute atomic E-state index is 5.20. The number of hydrogen-bond donors (Lipinski definition) is 1. The number of dihydropyridines is 1. The van der Waals surface area contributed by atoms with Gasteiger partial charge in [0.15, 0.2) is 0 Å². The molecule has 4 heterocycles. The summed E-state index contributed by atoms with van der Waals surface area (Å²) in [6.45, 7) is 0.818. The van der Waals surface area contributed by atoms with Gasteiger partial charge in [0.1, 0.15) is 0 Å². The number of nitrogens with zero attached hydrogens (tertiary/aromatic N) is 3. The fourth-order valence-corrected chi connectivity index (χ4v) is 8.83. The summed E-state index contributed by atoms with van der Waals surface area (Å²) < 4.78 is 0. The highest BCUT2D eigenvalue weighted by molar-refractivity contribution is 6.15. The average molecular weight is 665 g/mol. The molecule has 3 aromatic carbocycles. The molecule has 3 aromatic heterocycles. The van der Waals surface area contributed by atoms with E-state index in [4.69, 9.17) is 15.0 Å². The molecule has 0 saturated carbocycles. The standard InChI is InChI=1S/C48H32N4/c1-2-12-43-39(9-1)46(40-22-17-31-8-7-25-51-47(31)48(40)52-43)38-21-16-30-14-19-36-35(18-13-29-15-20-37(38)45(30)44(29)36)32-26-33(41-10-3-5-23-49-41)28-34(27-32)42-11-4-6-24-50-42/h1-23,25-28,44-45,50H,24H2. The third-order valence-corrected chi connectivity index (χ3v) is 11.2. The Hall–Kier alpha value is -6.65. The molecule has 0 amide bonds. The van der Waals surface area contributed by atoms with Crippen LogP contribution in [-0.4, -0.2) is 21.5 Å². The molecule has 0 saturated heterocycles. The van der Waals surface area contributed by atoms with E-state index in [2.05, 4.69) is 145 Å². The Morgan fingerprint density at radius 3 is 2.38 bits per heavy atom. The molecule has 0 fully saturated rings. The van der Waals surface area contributed by atoms with E-state index in [9.17, 15) is 0 Å². The number of fused-ring (bicyclic) bond motifs is 4. The quantitative estimate of drug-likeness (QED) is 0.151. The molecule has 52 heavy (non-hydrogen) atoms. The largest absolute Gasteiger partial charge is 0.381 e. The van der Waals surface area contributed by atoms with Crippen molar-refractivity contribution >= 4 is 49.6 Å². The Morgan fingerprint density at radius 2 is 1.46 bits per heavy atom. The van der Waals surface area contributed by atoms with Gasteiger partial charge in [-0.1, -0.05) is 103 Å². The summed E-state index contributed by atoms with van der Waals surface area (Å²) in [6.07, 6.45) is 29.0. The van der Waals surface area contributed by atoms with E-state index in [0.29, 0.717) is 0 Å². The van der Waals surface area contributed by atoms with Crippen LogP contribution >= 0.6 is 0 Å². The van der Waals surface area contributed by atoms with E-state index in [-0.39, 0.29) is 11.8 Å². The highest BCUT2D eigenvalue weighted by Gasteiger charge is 2.41. The van der Waals surface area contributed by atoms with Crippen LogP contribution < -0.4 is 5.32 Å². The summed E-state index contributed by atoms with van der Waals surface area (Å²) in [7, 11) is 0. The van der Waals surface area contributed by atoms with Crippen LogP contribution in [0, 0.1) is 11.8 Å². The van der Waals surface area contributed by atoms with Crippen molar-refractivity contribution in [2.75, 3.05) is 6.54 Å². The second-order valence-corrected chi connectivity index (χ2v) is 14.0. The number of para-hydroxylation sites is 1. The van der Waals surface area contributed by atoms with Crippen molar-refractivity contribution in [1.82, 2.24) is 20.3 Å². The first-order valence-corrected chi connectivity index (χ1v) is 18.0. The number of aromatic nitrogens is 3. The maximum Gasteiger partial charge on any atom is 0.0978 e. The van der Waals surface area contributed by atoms with Crippen LogP contribution in [0.3, 0.4) is 0 Å². The van der Waals surface area contributed by atoms with E-state index >= 15 is 0 Å². The maximum atomic E-state index is 5.20. The summed E-state index contributed by atoms with van der Waals surface area (Å²) >= 11 is 0. The van der Waals surface area contributed by atoms with Gasteiger partial charge in [0, 0.05) is 63.8 Å². The number of pyridine rings is 3. The third-order valence-electron chi connectivity index (χ3n) is 11.2. The molecular formula is C48H32N4. The van der Waals surface area contributed by atoms with Crippen LogP contribution in [0.5, 0.6) is 0 Å². The summed E-state index contributed by atoms with van der Waals surface area (Å²) in [5, 5.41) is 6.98. The van der Waals surface area contributed by atoms with Gasteiger partial charge in [0.05, 0.1) is 22.2 Å². The molecular weight excluding hydrogens is 633 g/mol. The first-order valence-electron chi connectivity index (χ1n) is 18.0. The van der Waals surface area contributed by atoms with E-state index in [1.54, 1.807) is 0 Å². The molecule has 0 bridgehead atoms. The van der Waals surface area contributed by atoms with Gasteiger partial charge in [0.25, 0.3) is 0 Å². The zero-order valence-electron chi connectivity index (χ0n) is 28.3. The van der Waals surface area contributed by atoms with Gasteiger partial charge >= 0.3 is 0 Å². The highest BCUT2D eigenvalue weighted by Crippen LogP contribution is 2.54. The smallest absolute Gasteiger partial charge is 0.0978 e. The molecule has 4 nitrogen and oxygen atoms in total. The molecule has 244 valence electrons. The first-order chi connectivity index (χ1) is 25.8. The summed E-state index contributed by atoms with van der Waals surface area (Å²) in [4.78, 5) is 14.8. The number of allylic oxidation sites excluding steroid dienone is 16. The second-order valence-electron chi connectivity index (χ2n) is 14.0. The molecule has 4 heteroatoms. The van der Waals surface area contributed by atoms with E-state index in [0.717, 1.165) is 61.8 Å². The van der Waals surface area contributed by atoms with E-state index in [1.165, 1.54) is 44.6 Å².